The Balaban J connectivity index is 2.14. The maximum atomic E-state index is 10.3. The average molecular weight is 205 g/mol. The Hall–Kier alpha value is -2.37. The molecular formula is C9H7N3O3. The minimum atomic E-state index is -0.579. The smallest absolute Gasteiger partial charge is 0.401 e. The van der Waals surface area contributed by atoms with Crippen molar-refractivity contribution in [3.05, 3.63) is 46.2 Å². The minimum absolute atomic E-state index is 0.269. The molecule has 0 aliphatic carbocycles. The third-order valence-corrected chi connectivity index (χ3v) is 1.72. The Labute approximate surface area is 84.4 Å². The van der Waals surface area contributed by atoms with Crippen molar-refractivity contribution in [3.8, 4) is 0 Å². The standard InChI is InChI=1S/C9H7N3O3/c13-12(14)9-4-2-7(15-9)1-3-8-10-5-6-11-8/h1-6H,(H,10,11)/b3-1+. The van der Waals surface area contributed by atoms with Gasteiger partial charge in [-0.25, -0.2) is 4.98 Å². The van der Waals surface area contributed by atoms with Gasteiger partial charge in [-0.3, -0.25) is 10.1 Å². The van der Waals surface area contributed by atoms with Gasteiger partial charge in [-0.05, 0) is 18.2 Å². The number of hydrogen-bond acceptors (Lipinski definition) is 4. The van der Waals surface area contributed by atoms with Gasteiger partial charge in [-0.15, -0.1) is 0 Å². The van der Waals surface area contributed by atoms with E-state index in [4.69, 9.17) is 4.42 Å². The van der Waals surface area contributed by atoms with Gasteiger partial charge in [-0.1, -0.05) is 0 Å². The second-order valence-electron chi connectivity index (χ2n) is 2.74. The van der Waals surface area contributed by atoms with Gasteiger partial charge in [0.2, 0.25) is 0 Å². The molecule has 6 nitrogen and oxygen atoms in total. The number of nitro groups is 1. The number of nitrogens with one attached hydrogen (secondary N) is 1. The molecule has 0 aromatic carbocycles. The first kappa shape index (κ1) is 9.20. The zero-order valence-corrected chi connectivity index (χ0v) is 7.58. The monoisotopic (exact) mass is 205 g/mol. The van der Waals surface area contributed by atoms with Gasteiger partial charge in [0.05, 0.1) is 6.07 Å². The third-order valence-electron chi connectivity index (χ3n) is 1.72. The highest BCUT2D eigenvalue weighted by atomic mass is 16.6. The van der Waals surface area contributed by atoms with E-state index in [0.717, 1.165) is 0 Å². The molecule has 76 valence electrons. The minimum Gasteiger partial charge on any atom is -0.401 e. The molecule has 0 atom stereocenters. The Kier molecular flexibility index (Phi) is 2.32. The molecule has 0 radical (unpaired) electrons. The number of rotatable bonds is 3. The van der Waals surface area contributed by atoms with Gasteiger partial charge in [0.1, 0.15) is 16.5 Å². The highest BCUT2D eigenvalue weighted by Crippen LogP contribution is 2.17. The molecule has 15 heavy (non-hydrogen) atoms. The molecule has 1 N–H and O–H groups in total. The summed E-state index contributed by atoms with van der Waals surface area (Å²) in [6.45, 7) is 0. The van der Waals surface area contributed by atoms with E-state index < -0.39 is 4.92 Å². The second-order valence-corrected chi connectivity index (χ2v) is 2.74. The Bertz CT molecular complexity index is 484. The molecule has 0 unspecified atom stereocenters. The third kappa shape index (κ3) is 2.11. The lowest BCUT2D eigenvalue weighted by Crippen LogP contribution is -1.82. The molecule has 2 heterocycles. The average Bonchev–Trinajstić information content (AvgIpc) is 2.86. The van der Waals surface area contributed by atoms with E-state index in [2.05, 4.69) is 9.97 Å². The topological polar surface area (TPSA) is 85.0 Å². The quantitative estimate of drug-likeness (QED) is 0.614. The summed E-state index contributed by atoms with van der Waals surface area (Å²) in [6, 6.07) is 2.83. The van der Waals surface area contributed by atoms with E-state index in [1.807, 2.05) is 0 Å². The SMILES string of the molecule is O=[N+]([O-])c1ccc(/C=C/c2ncc[nH]2)o1. The van der Waals surface area contributed by atoms with Crippen LogP contribution in [0.3, 0.4) is 0 Å². The van der Waals surface area contributed by atoms with Crippen LogP contribution in [0.25, 0.3) is 12.2 Å². The molecule has 6 heteroatoms. The molecule has 0 saturated heterocycles. The first-order chi connectivity index (χ1) is 7.25. The van der Waals surface area contributed by atoms with E-state index in [-0.39, 0.29) is 5.88 Å². The molecule has 2 aromatic heterocycles. The molecule has 0 aliphatic rings. The summed E-state index contributed by atoms with van der Waals surface area (Å²) in [5, 5.41) is 10.3. The van der Waals surface area contributed by atoms with Gasteiger partial charge in [0.25, 0.3) is 0 Å². The number of hydrogen-bond donors (Lipinski definition) is 1. The van der Waals surface area contributed by atoms with Crippen molar-refractivity contribution in [3.63, 3.8) is 0 Å². The van der Waals surface area contributed by atoms with E-state index in [1.54, 1.807) is 24.5 Å². The van der Waals surface area contributed by atoms with Crippen LogP contribution in [0.5, 0.6) is 0 Å². The number of nitrogens with zero attached hydrogens (tertiary/aromatic N) is 2. The zero-order valence-electron chi connectivity index (χ0n) is 7.58. The predicted molar refractivity (Wildman–Crippen MR) is 52.9 cm³/mol. The molecule has 0 aliphatic heterocycles. The van der Waals surface area contributed by atoms with Crippen LogP contribution < -0.4 is 0 Å². The molecule has 0 saturated carbocycles. The van der Waals surface area contributed by atoms with Crippen molar-refractivity contribution in [1.82, 2.24) is 9.97 Å². The van der Waals surface area contributed by atoms with Crippen molar-refractivity contribution in [2.24, 2.45) is 0 Å². The van der Waals surface area contributed by atoms with Crippen LogP contribution in [0.15, 0.2) is 28.9 Å². The van der Waals surface area contributed by atoms with Crippen molar-refractivity contribution in [1.29, 1.82) is 0 Å². The zero-order chi connectivity index (χ0) is 10.7. The maximum absolute atomic E-state index is 10.3. The first-order valence-electron chi connectivity index (χ1n) is 4.17. The van der Waals surface area contributed by atoms with Crippen LogP contribution >= 0.6 is 0 Å². The number of H-pyrrole nitrogens is 1. The number of imidazole rings is 1. The van der Waals surface area contributed by atoms with Crippen LogP contribution in [-0.2, 0) is 0 Å². The normalized spacial score (nSPS) is 10.9. The van der Waals surface area contributed by atoms with Crippen molar-refractivity contribution < 1.29 is 9.34 Å². The Morgan fingerprint density at radius 1 is 1.47 bits per heavy atom. The number of furan rings is 1. The molecule has 2 rings (SSSR count). The fraction of sp³-hybridized carbons (Fsp3) is 0. The Morgan fingerprint density at radius 2 is 2.33 bits per heavy atom. The van der Waals surface area contributed by atoms with Crippen LogP contribution in [0.1, 0.15) is 11.6 Å². The maximum Gasteiger partial charge on any atom is 0.433 e. The van der Waals surface area contributed by atoms with Gasteiger partial charge < -0.3 is 9.40 Å². The lowest BCUT2D eigenvalue weighted by atomic mass is 10.4. The van der Waals surface area contributed by atoms with Crippen molar-refractivity contribution >= 4 is 18.0 Å². The number of aromatic amines is 1. The molecular weight excluding hydrogens is 198 g/mol. The molecule has 0 bridgehead atoms. The molecule has 0 spiro atoms. The summed E-state index contributed by atoms with van der Waals surface area (Å²) in [5.41, 5.74) is 0. The Morgan fingerprint density at radius 3 is 2.93 bits per heavy atom. The fourth-order valence-corrected chi connectivity index (χ4v) is 1.06. The molecule has 0 fully saturated rings. The van der Waals surface area contributed by atoms with Gasteiger partial charge in [0, 0.05) is 12.4 Å². The highest BCUT2D eigenvalue weighted by molar-refractivity contribution is 5.64. The molecule has 2 aromatic rings. The van der Waals surface area contributed by atoms with Crippen LogP contribution in [-0.4, -0.2) is 14.9 Å². The lowest BCUT2D eigenvalue weighted by molar-refractivity contribution is -0.402. The van der Waals surface area contributed by atoms with Crippen LogP contribution in [0, 0.1) is 10.1 Å². The lowest BCUT2D eigenvalue weighted by Gasteiger charge is -1.84. The van der Waals surface area contributed by atoms with E-state index in [0.29, 0.717) is 11.6 Å². The summed E-state index contributed by atoms with van der Waals surface area (Å²) in [6.07, 6.45) is 6.57. The summed E-state index contributed by atoms with van der Waals surface area (Å²) in [5.74, 6) is 0.807. The largest absolute Gasteiger partial charge is 0.433 e. The van der Waals surface area contributed by atoms with Crippen molar-refractivity contribution in [2.75, 3.05) is 0 Å². The van der Waals surface area contributed by atoms with E-state index in [1.165, 1.54) is 12.1 Å². The number of aromatic nitrogens is 2. The summed E-state index contributed by atoms with van der Waals surface area (Å²) in [4.78, 5) is 16.6. The summed E-state index contributed by atoms with van der Waals surface area (Å²) in [7, 11) is 0. The van der Waals surface area contributed by atoms with Gasteiger partial charge in [-0.2, -0.15) is 0 Å². The van der Waals surface area contributed by atoms with Crippen LogP contribution in [0.2, 0.25) is 0 Å². The summed E-state index contributed by atoms with van der Waals surface area (Å²) >= 11 is 0. The first-order valence-corrected chi connectivity index (χ1v) is 4.17. The van der Waals surface area contributed by atoms with Crippen LogP contribution in [0.4, 0.5) is 5.88 Å². The van der Waals surface area contributed by atoms with Crippen molar-refractivity contribution in [2.45, 2.75) is 0 Å². The predicted octanol–water partition coefficient (Wildman–Crippen LogP) is 2.08. The second kappa shape index (κ2) is 3.79. The van der Waals surface area contributed by atoms with Gasteiger partial charge >= 0.3 is 5.88 Å². The van der Waals surface area contributed by atoms with Gasteiger partial charge in [0.15, 0.2) is 0 Å². The fourth-order valence-electron chi connectivity index (χ4n) is 1.06. The van der Waals surface area contributed by atoms with E-state index >= 15 is 0 Å². The summed E-state index contributed by atoms with van der Waals surface area (Å²) < 4.78 is 4.92. The van der Waals surface area contributed by atoms with E-state index in [9.17, 15) is 10.1 Å². The highest BCUT2D eigenvalue weighted by Gasteiger charge is 2.09. The molecule has 0 amide bonds.